The maximum Gasteiger partial charge on any atom is 0.339 e. The summed E-state index contributed by atoms with van der Waals surface area (Å²) >= 11 is 2.10. The number of rotatable bonds is 8. The quantitative estimate of drug-likeness (QED) is 0.270. The van der Waals surface area contributed by atoms with Crippen molar-refractivity contribution in [1.29, 1.82) is 0 Å². The number of fused-ring (bicyclic) bond motifs is 1. The van der Waals surface area contributed by atoms with Crippen LogP contribution >= 0.6 is 22.6 Å². The van der Waals surface area contributed by atoms with Crippen molar-refractivity contribution in [3.63, 3.8) is 0 Å². The number of nitrogens with one attached hydrogen (secondary N) is 1. The van der Waals surface area contributed by atoms with E-state index < -0.39 is 36.1 Å². The van der Waals surface area contributed by atoms with Crippen LogP contribution in [0.25, 0.3) is 0 Å². The average molecular weight is 709 g/mol. The lowest BCUT2D eigenvalue weighted by atomic mass is 9.91. The number of likely N-dealkylation sites (tertiary alicyclic amines) is 1. The molecule has 2 N–H and O–H groups in total. The Morgan fingerprint density at radius 2 is 1.61 bits per heavy atom. The molecule has 2 aliphatic heterocycles. The molecular formula is C34H33IN2O7. The number of ether oxygens (including phenoxy) is 3. The van der Waals surface area contributed by atoms with Crippen LogP contribution in [0.4, 0.5) is 0 Å². The maximum absolute atomic E-state index is 14.0. The molecule has 2 amide bonds. The van der Waals surface area contributed by atoms with Gasteiger partial charge in [-0.15, -0.1) is 0 Å². The third kappa shape index (κ3) is 5.91. The normalized spacial score (nSPS) is 23.9. The SMILES string of the molecule is O=C(O[C@@H]1CC(C(=O)N2CCC[C@@H]2C(=O)NCCO)=C[C@H]2OC(c3ccccc3)(c3ccccc3)O[C@H]21)c1ccccc1I. The lowest BCUT2D eigenvalue weighted by Gasteiger charge is -2.33. The first-order valence-electron chi connectivity index (χ1n) is 14.7. The predicted molar refractivity (Wildman–Crippen MR) is 169 cm³/mol. The van der Waals surface area contributed by atoms with Gasteiger partial charge in [-0.25, -0.2) is 4.79 Å². The van der Waals surface area contributed by atoms with Crippen molar-refractivity contribution in [3.05, 3.63) is 117 Å². The third-order valence-corrected chi connectivity index (χ3v) is 9.18. The molecule has 6 rings (SSSR count). The topological polar surface area (TPSA) is 114 Å². The minimum atomic E-state index is -1.31. The molecule has 2 heterocycles. The number of benzene rings is 3. The fourth-order valence-electron chi connectivity index (χ4n) is 6.17. The number of carbonyl (C=O) groups is 3. The molecule has 0 bridgehead atoms. The van der Waals surface area contributed by atoms with E-state index in [0.29, 0.717) is 30.5 Å². The lowest BCUT2D eigenvalue weighted by molar-refractivity contribution is -0.157. The highest BCUT2D eigenvalue weighted by atomic mass is 127. The highest BCUT2D eigenvalue weighted by Gasteiger charge is 2.55. The molecule has 3 aromatic carbocycles. The van der Waals surface area contributed by atoms with Crippen LogP contribution in [0.3, 0.4) is 0 Å². The number of hydrogen-bond acceptors (Lipinski definition) is 7. The zero-order valence-electron chi connectivity index (χ0n) is 23.9. The molecule has 228 valence electrons. The molecule has 0 radical (unpaired) electrons. The smallest absolute Gasteiger partial charge is 0.339 e. The van der Waals surface area contributed by atoms with Crippen molar-refractivity contribution in [2.45, 2.75) is 49.4 Å². The molecule has 2 saturated heterocycles. The number of carbonyl (C=O) groups excluding carboxylic acids is 3. The summed E-state index contributed by atoms with van der Waals surface area (Å²) in [6, 6.07) is 25.7. The summed E-state index contributed by atoms with van der Waals surface area (Å²) in [6.07, 6.45) is 0.791. The van der Waals surface area contributed by atoms with Gasteiger partial charge in [-0.2, -0.15) is 0 Å². The van der Waals surface area contributed by atoms with Gasteiger partial charge in [-0.3, -0.25) is 9.59 Å². The van der Waals surface area contributed by atoms with E-state index in [1.807, 2.05) is 72.8 Å². The van der Waals surface area contributed by atoms with Crippen LogP contribution in [-0.2, 0) is 29.6 Å². The fraction of sp³-hybridized carbons (Fsp3) is 0.324. The molecule has 2 fully saturated rings. The summed E-state index contributed by atoms with van der Waals surface area (Å²) in [5.74, 6) is -2.43. The van der Waals surface area contributed by atoms with Crippen LogP contribution in [0.5, 0.6) is 0 Å². The molecule has 10 heteroatoms. The number of amides is 2. The van der Waals surface area contributed by atoms with Crippen molar-refractivity contribution in [2.24, 2.45) is 0 Å². The van der Waals surface area contributed by atoms with Gasteiger partial charge in [-0.1, -0.05) is 72.8 Å². The Labute approximate surface area is 269 Å². The Balaban J connectivity index is 1.36. The number of esters is 1. The van der Waals surface area contributed by atoms with Crippen LogP contribution in [0.15, 0.2) is 96.6 Å². The second kappa shape index (κ2) is 13.2. The Morgan fingerprint density at radius 1 is 0.955 bits per heavy atom. The summed E-state index contributed by atoms with van der Waals surface area (Å²) in [4.78, 5) is 41.9. The zero-order chi connectivity index (χ0) is 30.7. The monoisotopic (exact) mass is 708 g/mol. The van der Waals surface area contributed by atoms with Gasteiger partial charge >= 0.3 is 5.97 Å². The Kier molecular flexibility index (Phi) is 9.13. The molecule has 1 aliphatic carbocycles. The first-order chi connectivity index (χ1) is 21.4. The molecule has 0 spiro atoms. The van der Waals surface area contributed by atoms with E-state index in [-0.39, 0.29) is 31.4 Å². The lowest BCUT2D eigenvalue weighted by Crippen LogP contribution is -2.49. The standard InChI is InChI=1S/C34H33IN2O7/c35-26-15-8-7-14-25(26)33(41)42-28-20-22(32(40)37-18-9-16-27(37)31(39)36-17-19-38)21-29-30(28)44-34(43-29,23-10-3-1-4-11-23)24-12-5-2-6-13-24/h1-8,10-15,21,27-30,38H,9,16-20H2,(H,36,39)/t27-,28-,29-,30+/m1/s1. The highest BCUT2D eigenvalue weighted by Crippen LogP contribution is 2.47. The second-order valence-corrected chi connectivity index (χ2v) is 12.2. The van der Waals surface area contributed by atoms with E-state index in [0.717, 1.165) is 14.7 Å². The number of hydrogen-bond donors (Lipinski definition) is 2. The van der Waals surface area contributed by atoms with Crippen LogP contribution in [0.2, 0.25) is 0 Å². The molecule has 9 nitrogen and oxygen atoms in total. The van der Waals surface area contributed by atoms with Crippen LogP contribution in [-0.4, -0.2) is 71.8 Å². The molecule has 44 heavy (non-hydrogen) atoms. The van der Waals surface area contributed by atoms with Gasteiger partial charge < -0.3 is 29.5 Å². The van der Waals surface area contributed by atoms with Crippen molar-refractivity contribution < 1.29 is 33.7 Å². The minimum absolute atomic E-state index is 0.0969. The van der Waals surface area contributed by atoms with Crippen LogP contribution < -0.4 is 5.32 Å². The molecule has 3 aliphatic rings. The first kappa shape index (κ1) is 30.4. The Hall–Kier alpha value is -3.58. The van der Waals surface area contributed by atoms with E-state index in [2.05, 4.69) is 27.9 Å². The average Bonchev–Trinajstić information content (AvgIpc) is 3.71. The Morgan fingerprint density at radius 3 is 2.27 bits per heavy atom. The molecule has 0 unspecified atom stereocenters. The molecule has 4 atom stereocenters. The summed E-state index contributed by atoms with van der Waals surface area (Å²) in [5.41, 5.74) is 2.35. The van der Waals surface area contributed by atoms with E-state index in [4.69, 9.17) is 19.3 Å². The number of nitrogens with zero attached hydrogens (tertiary/aromatic N) is 1. The number of aliphatic hydroxyl groups is 1. The van der Waals surface area contributed by atoms with E-state index >= 15 is 0 Å². The largest absolute Gasteiger partial charge is 0.455 e. The summed E-state index contributed by atoms with van der Waals surface area (Å²) in [5, 5.41) is 11.8. The first-order valence-corrected chi connectivity index (χ1v) is 15.8. The van der Waals surface area contributed by atoms with Crippen molar-refractivity contribution in [2.75, 3.05) is 19.7 Å². The Bertz CT molecular complexity index is 1510. The van der Waals surface area contributed by atoms with Crippen LogP contribution in [0, 0.1) is 3.57 Å². The van der Waals surface area contributed by atoms with E-state index in [9.17, 15) is 14.4 Å². The summed E-state index contributed by atoms with van der Waals surface area (Å²) < 4.78 is 20.5. The number of aliphatic hydroxyl groups excluding tert-OH is 1. The van der Waals surface area contributed by atoms with Gasteiger partial charge in [0, 0.05) is 39.8 Å². The molecular weight excluding hydrogens is 675 g/mol. The highest BCUT2D eigenvalue weighted by molar-refractivity contribution is 14.1. The number of halogens is 1. The molecule has 0 aromatic heterocycles. The van der Waals surface area contributed by atoms with Gasteiger partial charge in [0.25, 0.3) is 0 Å². The zero-order valence-corrected chi connectivity index (χ0v) is 26.1. The van der Waals surface area contributed by atoms with Gasteiger partial charge in [-0.05, 0) is 53.6 Å². The fourth-order valence-corrected chi connectivity index (χ4v) is 6.78. The summed E-state index contributed by atoms with van der Waals surface area (Å²) in [7, 11) is 0. The van der Waals surface area contributed by atoms with Crippen molar-refractivity contribution >= 4 is 40.4 Å². The van der Waals surface area contributed by atoms with Gasteiger partial charge in [0.1, 0.15) is 24.4 Å². The molecule has 0 saturated carbocycles. The second-order valence-electron chi connectivity index (χ2n) is 11.0. The van der Waals surface area contributed by atoms with Gasteiger partial charge in [0.15, 0.2) is 0 Å². The van der Waals surface area contributed by atoms with E-state index in [1.54, 1.807) is 23.1 Å². The molecule has 3 aromatic rings. The van der Waals surface area contributed by atoms with Crippen LogP contribution in [0.1, 0.15) is 40.7 Å². The predicted octanol–water partition coefficient (Wildman–Crippen LogP) is 3.93. The van der Waals surface area contributed by atoms with Gasteiger partial charge in [0.05, 0.1) is 12.2 Å². The van der Waals surface area contributed by atoms with Crippen molar-refractivity contribution in [1.82, 2.24) is 10.2 Å². The maximum atomic E-state index is 14.0. The van der Waals surface area contributed by atoms with E-state index in [1.165, 1.54) is 0 Å². The van der Waals surface area contributed by atoms with Crippen molar-refractivity contribution in [3.8, 4) is 0 Å². The summed E-state index contributed by atoms with van der Waals surface area (Å²) in [6.45, 7) is 0.353. The minimum Gasteiger partial charge on any atom is -0.455 e. The van der Waals surface area contributed by atoms with Gasteiger partial charge in [0.2, 0.25) is 17.6 Å². The third-order valence-electron chi connectivity index (χ3n) is 8.24.